The Labute approximate surface area is 116 Å². The summed E-state index contributed by atoms with van der Waals surface area (Å²) in [5, 5.41) is 3.57. The van der Waals surface area contributed by atoms with E-state index in [2.05, 4.69) is 38.0 Å². The lowest BCUT2D eigenvalue weighted by atomic mass is 9.92. The van der Waals surface area contributed by atoms with Crippen LogP contribution in [-0.2, 0) is 6.42 Å². The van der Waals surface area contributed by atoms with E-state index in [1.165, 1.54) is 42.8 Å². The molecular weight excluding hydrogens is 240 g/mol. The number of thiazole rings is 1. The predicted octanol–water partition coefficient (Wildman–Crippen LogP) is 4.05. The molecule has 0 bridgehead atoms. The van der Waals surface area contributed by atoms with Crippen LogP contribution in [0, 0.1) is 18.8 Å². The van der Waals surface area contributed by atoms with Crippen molar-refractivity contribution in [1.82, 2.24) is 10.3 Å². The minimum atomic E-state index is 0.793. The van der Waals surface area contributed by atoms with Crippen LogP contribution in [0.2, 0.25) is 0 Å². The fourth-order valence-corrected chi connectivity index (χ4v) is 3.15. The third-order valence-electron chi connectivity index (χ3n) is 3.29. The molecule has 1 rings (SSSR count). The lowest BCUT2D eigenvalue weighted by Crippen LogP contribution is -2.25. The monoisotopic (exact) mass is 268 g/mol. The highest BCUT2D eigenvalue weighted by atomic mass is 32.1. The number of nitrogens with zero attached hydrogens (tertiary/aromatic N) is 1. The van der Waals surface area contributed by atoms with Gasteiger partial charge in [0.15, 0.2) is 0 Å². The maximum Gasteiger partial charge on any atom is 0.0797 e. The van der Waals surface area contributed by atoms with Gasteiger partial charge in [0.25, 0.3) is 0 Å². The summed E-state index contributed by atoms with van der Waals surface area (Å²) in [4.78, 5) is 5.81. The van der Waals surface area contributed by atoms with E-state index in [0.29, 0.717) is 0 Å². The van der Waals surface area contributed by atoms with Crippen molar-refractivity contribution >= 4 is 11.3 Å². The number of aromatic nitrogens is 1. The second kappa shape index (κ2) is 8.65. The average molecular weight is 268 g/mol. The summed E-state index contributed by atoms with van der Waals surface area (Å²) in [6.07, 6.45) is 5.04. The topological polar surface area (TPSA) is 24.9 Å². The molecule has 0 fully saturated rings. The van der Waals surface area contributed by atoms with E-state index >= 15 is 0 Å². The van der Waals surface area contributed by atoms with Gasteiger partial charge in [0.1, 0.15) is 0 Å². The van der Waals surface area contributed by atoms with Gasteiger partial charge < -0.3 is 5.32 Å². The van der Waals surface area contributed by atoms with Crippen molar-refractivity contribution < 1.29 is 0 Å². The van der Waals surface area contributed by atoms with Gasteiger partial charge >= 0.3 is 0 Å². The Morgan fingerprint density at radius 1 is 1.39 bits per heavy atom. The minimum Gasteiger partial charge on any atom is -0.316 e. The highest BCUT2D eigenvalue weighted by Crippen LogP contribution is 2.21. The normalized spacial score (nSPS) is 13.2. The zero-order valence-corrected chi connectivity index (χ0v) is 13.1. The van der Waals surface area contributed by atoms with E-state index in [-0.39, 0.29) is 0 Å². The molecule has 0 amide bonds. The van der Waals surface area contributed by atoms with Gasteiger partial charge in [0, 0.05) is 4.88 Å². The quantitative estimate of drug-likeness (QED) is 0.684. The molecule has 104 valence electrons. The van der Waals surface area contributed by atoms with Crippen LogP contribution in [0.3, 0.4) is 0 Å². The molecule has 0 aliphatic heterocycles. The zero-order valence-electron chi connectivity index (χ0n) is 12.3. The molecule has 0 aromatic carbocycles. The van der Waals surface area contributed by atoms with Gasteiger partial charge in [-0.25, -0.2) is 4.98 Å². The van der Waals surface area contributed by atoms with Crippen LogP contribution < -0.4 is 5.32 Å². The minimum absolute atomic E-state index is 0.793. The first-order chi connectivity index (χ1) is 8.63. The molecular formula is C15H28N2S. The summed E-state index contributed by atoms with van der Waals surface area (Å²) in [6, 6.07) is 0. The van der Waals surface area contributed by atoms with Crippen molar-refractivity contribution in [3.8, 4) is 0 Å². The molecule has 0 aliphatic carbocycles. The second-order valence-corrected chi connectivity index (χ2v) is 6.54. The standard InChI is InChI=1S/C15H28N2S/c1-5-8-16-10-14(9-12(2)3)6-7-15-13(4)17-11-18-15/h11-12,14,16H,5-10H2,1-4H3. The van der Waals surface area contributed by atoms with Gasteiger partial charge in [0.05, 0.1) is 11.2 Å². The fourth-order valence-electron chi connectivity index (χ4n) is 2.35. The molecule has 2 nitrogen and oxygen atoms in total. The van der Waals surface area contributed by atoms with E-state index in [0.717, 1.165) is 18.4 Å². The number of nitrogens with one attached hydrogen (secondary N) is 1. The van der Waals surface area contributed by atoms with Crippen molar-refractivity contribution in [3.05, 3.63) is 16.1 Å². The van der Waals surface area contributed by atoms with Crippen LogP contribution in [0.4, 0.5) is 0 Å². The Bertz CT molecular complexity index is 320. The van der Waals surface area contributed by atoms with Crippen molar-refractivity contribution in [1.29, 1.82) is 0 Å². The molecule has 3 heteroatoms. The summed E-state index contributed by atoms with van der Waals surface area (Å²) in [5.41, 5.74) is 3.20. The summed E-state index contributed by atoms with van der Waals surface area (Å²) >= 11 is 1.81. The number of hydrogen-bond donors (Lipinski definition) is 1. The van der Waals surface area contributed by atoms with Gasteiger partial charge in [-0.05, 0) is 57.5 Å². The van der Waals surface area contributed by atoms with Crippen molar-refractivity contribution in [2.45, 2.75) is 53.4 Å². The predicted molar refractivity (Wildman–Crippen MR) is 81.3 cm³/mol. The number of rotatable bonds is 9. The van der Waals surface area contributed by atoms with Crippen LogP contribution >= 0.6 is 11.3 Å². The lowest BCUT2D eigenvalue weighted by molar-refractivity contribution is 0.367. The molecule has 1 aromatic heterocycles. The van der Waals surface area contributed by atoms with Crippen LogP contribution in [0.25, 0.3) is 0 Å². The van der Waals surface area contributed by atoms with E-state index in [4.69, 9.17) is 0 Å². The molecule has 0 spiro atoms. The summed E-state index contributed by atoms with van der Waals surface area (Å²) in [6.45, 7) is 11.3. The summed E-state index contributed by atoms with van der Waals surface area (Å²) in [5.74, 6) is 1.60. The van der Waals surface area contributed by atoms with Crippen LogP contribution in [0.15, 0.2) is 5.51 Å². The third-order valence-corrected chi connectivity index (χ3v) is 4.28. The molecule has 0 aliphatic rings. The molecule has 1 N–H and O–H groups in total. The van der Waals surface area contributed by atoms with Crippen LogP contribution in [-0.4, -0.2) is 18.1 Å². The van der Waals surface area contributed by atoms with Crippen LogP contribution in [0.5, 0.6) is 0 Å². The Balaban J connectivity index is 2.37. The van der Waals surface area contributed by atoms with E-state index in [9.17, 15) is 0 Å². The Morgan fingerprint density at radius 3 is 2.72 bits per heavy atom. The van der Waals surface area contributed by atoms with Crippen molar-refractivity contribution in [2.75, 3.05) is 13.1 Å². The Morgan fingerprint density at radius 2 is 2.17 bits per heavy atom. The van der Waals surface area contributed by atoms with E-state index in [1.54, 1.807) is 0 Å². The molecule has 18 heavy (non-hydrogen) atoms. The molecule has 0 radical (unpaired) electrons. The largest absolute Gasteiger partial charge is 0.316 e. The molecule has 0 saturated heterocycles. The second-order valence-electron chi connectivity index (χ2n) is 5.60. The maximum atomic E-state index is 4.33. The highest BCUT2D eigenvalue weighted by Gasteiger charge is 2.12. The smallest absolute Gasteiger partial charge is 0.0797 e. The zero-order chi connectivity index (χ0) is 13.4. The molecule has 1 aromatic rings. The molecule has 1 heterocycles. The Kier molecular flexibility index (Phi) is 7.52. The first-order valence-electron chi connectivity index (χ1n) is 7.23. The molecule has 1 unspecified atom stereocenters. The van der Waals surface area contributed by atoms with Gasteiger partial charge in [-0.1, -0.05) is 20.8 Å². The van der Waals surface area contributed by atoms with Crippen molar-refractivity contribution in [2.24, 2.45) is 11.8 Å². The van der Waals surface area contributed by atoms with Gasteiger partial charge in [-0.3, -0.25) is 0 Å². The Hall–Kier alpha value is -0.410. The summed E-state index contributed by atoms with van der Waals surface area (Å²) in [7, 11) is 0. The highest BCUT2D eigenvalue weighted by molar-refractivity contribution is 7.09. The number of hydrogen-bond acceptors (Lipinski definition) is 3. The van der Waals surface area contributed by atoms with Crippen LogP contribution in [0.1, 0.15) is 50.6 Å². The molecule has 0 saturated carbocycles. The van der Waals surface area contributed by atoms with E-state index in [1.807, 2.05) is 16.8 Å². The fraction of sp³-hybridized carbons (Fsp3) is 0.800. The lowest BCUT2D eigenvalue weighted by Gasteiger charge is -2.19. The third kappa shape index (κ3) is 5.96. The number of aryl methyl sites for hydroxylation is 2. The van der Waals surface area contributed by atoms with Gasteiger partial charge in [0.2, 0.25) is 0 Å². The van der Waals surface area contributed by atoms with Gasteiger partial charge in [-0.2, -0.15) is 0 Å². The maximum absolute atomic E-state index is 4.33. The SMILES string of the molecule is CCCNCC(CCc1scnc1C)CC(C)C. The first-order valence-corrected chi connectivity index (χ1v) is 8.11. The average Bonchev–Trinajstić information content (AvgIpc) is 2.71. The van der Waals surface area contributed by atoms with Crippen molar-refractivity contribution in [3.63, 3.8) is 0 Å². The summed E-state index contributed by atoms with van der Waals surface area (Å²) < 4.78 is 0. The molecule has 1 atom stereocenters. The van der Waals surface area contributed by atoms with Gasteiger partial charge in [-0.15, -0.1) is 11.3 Å². The first kappa shape index (κ1) is 15.6. The van der Waals surface area contributed by atoms with E-state index < -0.39 is 0 Å².